The first-order valence-corrected chi connectivity index (χ1v) is 4.93. The van der Waals surface area contributed by atoms with E-state index < -0.39 is 0 Å². The van der Waals surface area contributed by atoms with Crippen LogP contribution < -0.4 is 5.73 Å². The van der Waals surface area contributed by atoms with Crippen LogP contribution in [-0.4, -0.2) is 30.9 Å². The zero-order valence-electron chi connectivity index (χ0n) is 8.58. The highest BCUT2D eigenvalue weighted by atomic mass is 32.1. The van der Waals surface area contributed by atoms with E-state index in [1.54, 1.807) is 0 Å². The number of hydrogen-bond donors (Lipinski definition) is 1. The van der Waals surface area contributed by atoms with Gasteiger partial charge in [0.2, 0.25) is 0 Å². The molecule has 0 radical (unpaired) electrons. The molecule has 0 aromatic carbocycles. The van der Waals surface area contributed by atoms with Crippen molar-refractivity contribution in [3.63, 3.8) is 0 Å². The second-order valence-corrected chi connectivity index (χ2v) is 3.86. The molecule has 0 saturated heterocycles. The van der Waals surface area contributed by atoms with Gasteiger partial charge in [-0.2, -0.15) is 0 Å². The molecule has 0 bridgehead atoms. The lowest BCUT2D eigenvalue weighted by molar-refractivity contribution is 0.0275. The maximum Gasteiger partial charge on any atom is 0.105 e. The highest BCUT2D eigenvalue weighted by molar-refractivity contribution is 7.80. The van der Waals surface area contributed by atoms with Crippen molar-refractivity contribution >= 4 is 17.2 Å². The summed E-state index contributed by atoms with van der Waals surface area (Å²) in [7, 11) is 0. The molecule has 0 fully saturated rings. The Labute approximate surface area is 85.6 Å². The van der Waals surface area contributed by atoms with Crippen LogP contribution >= 0.6 is 12.2 Å². The van der Waals surface area contributed by atoms with Crippen molar-refractivity contribution in [3.05, 3.63) is 0 Å². The molecule has 0 aliphatic heterocycles. The summed E-state index contributed by atoms with van der Waals surface area (Å²) in [6.07, 6.45) is -0.155. The molecule has 78 valence electrons. The van der Waals surface area contributed by atoms with Crippen molar-refractivity contribution in [2.24, 2.45) is 11.7 Å². The highest BCUT2D eigenvalue weighted by Gasteiger charge is 2.03. The Kier molecular flexibility index (Phi) is 7.13. The van der Waals surface area contributed by atoms with Crippen molar-refractivity contribution in [2.75, 3.05) is 19.8 Å². The third kappa shape index (κ3) is 8.15. The molecule has 2 N–H and O–H groups in total. The fourth-order valence-electron chi connectivity index (χ4n) is 0.685. The van der Waals surface area contributed by atoms with Crippen LogP contribution in [0.25, 0.3) is 0 Å². The van der Waals surface area contributed by atoms with Crippen LogP contribution in [0.3, 0.4) is 0 Å². The first-order valence-electron chi connectivity index (χ1n) is 4.52. The Balaban J connectivity index is 3.21. The summed E-state index contributed by atoms with van der Waals surface area (Å²) >= 11 is 4.75. The molecule has 0 amide bonds. The average molecular weight is 205 g/mol. The van der Waals surface area contributed by atoms with E-state index in [0.29, 0.717) is 24.1 Å². The minimum atomic E-state index is -0.155. The number of nitrogens with two attached hydrogens (primary N) is 1. The van der Waals surface area contributed by atoms with Gasteiger partial charge in [-0.25, -0.2) is 0 Å². The summed E-state index contributed by atoms with van der Waals surface area (Å²) in [5, 5.41) is 0. The average Bonchev–Trinajstić information content (AvgIpc) is 2.02. The van der Waals surface area contributed by atoms with Gasteiger partial charge in [-0.05, 0) is 12.8 Å². The first-order chi connectivity index (χ1) is 6.04. The van der Waals surface area contributed by atoms with Gasteiger partial charge in [0.05, 0.1) is 13.2 Å². The lowest BCUT2D eigenvalue weighted by atomic mass is 10.2. The molecular formula is C9H19NO2S. The van der Waals surface area contributed by atoms with E-state index in [0.717, 1.165) is 6.61 Å². The van der Waals surface area contributed by atoms with Crippen molar-refractivity contribution in [1.82, 2.24) is 0 Å². The van der Waals surface area contributed by atoms with Crippen LogP contribution in [0.4, 0.5) is 0 Å². The van der Waals surface area contributed by atoms with Gasteiger partial charge in [-0.1, -0.05) is 26.1 Å². The SMILES string of the molecule is CC(C)COCCOC(C)C(N)=S. The van der Waals surface area contributed by atoms with Gasteiger partial charge in [-0.15, -0.1) is 0 Å². The normalized spacial score (nSPS) is 13.2. The van der Waals surface area contributed by atoms with Gasteiger partial charge in [0, 0.05) is 6.61 Å². The number of thiocarbonyl (C=S) groups is 1. The molecule has 1 atom stereocenters. The topological polar surface area (TPSA) is 44.5 Å². The Hall–Kier alpha value is -0.190. The van der Waals surface area contributed by atoms with Crippen LogP contribution in [-0.2, 0) is 9.47 Å². The molecule has 1 unspecified atom stereocenters. The van der Waals surface area contributed by atoms with Gasteiger partial charge in [-0.3, -0.25) is 0 Å². The van der Waals surface area contributed by atoms with E-state index in [-0.39, 0.29) is 6.10 Å². The van der Waals surface area contributed by atoms with E-state index in [1.165, 1.54) is 0 Å². The Morgan fingerprint density at radius 2 is 1.92 bits per heavy atom. The fourth-order valence-corrected chi connectivity index (χ4v) is 0.753. The van der Waals surface area contributed by atoms with E-state index in [1.807, 2.05) is 6.92 Å². The standard InChI is InChI=1S/C9H19NO2S/c1-7(2)6-11-4-5-12-8(3)9(10)13/h7-8H,4-6H2,1-3H3,(H2,10,13). The Morgan fingerprint density at radius 1 is 1.31 bits per heavy atom. The summed E-state index contributed by atoms with van der Waals surface area (Å²) in [6, 6.07) is 0. The monoisotopic (exact) mass is 205 g/mol. The maximum absolute atomic E-state index is 5.36. The van der Waals surface area contributed by atoms with E-state index in [4.69, 9.17) is 27.4 Å². The summed E-state index contributed by atoms with van der Waals surface area (Å²) in [4.78, 5) is 0.392. The largest absolute Gasteiger partial charge is 0.391 e. The number of rotatable bonds is 7. The molecule has 0 aliphatic rings. The molecule has 3 nitrogen and oxygen atoms in total. The summed E-state index contributed by atoms with van der Waals surface area (Å²) < 4.78 is 10.6. The zero-order chi connectivity index (χ0) is 10.3. The van der Waals surface area contributed by atoms with Crippen LogP contribution in [0.15, 0.2) is 0 Å². The molecule has 4 heteroatoms. The summed E-state index contributed by atoms with van der Waals surface area (Å²) in [5.74, 6) is 0.563. The predicted molar refractivity (Wildman–Crippen MR) is 57.9 cm³/mol. The van der Waals surface area contributed by atoms with Crippen molar-refractivity contribution in [3.8, 4) is 0 Å². The van der Waals surface area contributed by atoms with E-state index in [9.17, 15) is 0 Å². The van der Waals surface area contributed by atoms with Crippen molar-refractivity contribution < 1.29 is 9.47 Å². The molecule has 13 heavy (non-hydrogen) atoms. The molecule has 0 heterocycles. The quantitative estimate of drug-likeness (QED) is 0.503. The lowest BCUT2D eigenvalue weighted by Crippen LogP contribution is -2.27. The van der Waals surface area contributed by atoms with Gasteiger partial charge in [0.1, 0.15) is 11.1 Å². The zero-order valence-corrected chi connectivity index (χ0v) is 9.39. The smallest absolute Gasteiger partial charge is 0.105 e. The van der Waals surface area contributed by atoms with Gasteiger partial charge >= 0.3 is 0 Å². The fraction of sp³-hybridized carbons (Fsp3) is 0.889. The van der Waals surface area contributed by atoms with Crippen LogP contribution in [0.1, 0.15) is 20.8 Å². The second-order valence-electron chi connectivity index (χ2n) is 3.38. The predicted octanol–water partition coefficient (Wildman–Crippen LogP) is 1.35. The van der Waals surface area contributed by atoms with Crippen LogP contribution in [0, 0.1) is 5.92 Å². The minimum Gasteiger partial charge on any atom is -0.391 e. The molecule has 0 aromatic heterocycles. The first kappa shape index (κ1) is 12.8. The van der Waals surface area contributed by atoms with Gasteiger partial charge in [0.15, 0.2) is 0 Å². The maximum atomic E-state index is 5.36. The molecule has 0 spiro atoms. The number of hydrogen-bond acceptors (Lipinski definition) is 3. The lowest BCUT2D eigenvalue weighted by Gasteiger charge is -2.11. The second kappa shape index (κ2) is 7.24. The highest BCUT2D eigenvalue weighted by Crippen LogP contribution is 1.94. The van der Waals surface area contributed by atoms with Crippen molar-refractivity contribution in [1.29, 1.82) is 0 Å². The summed E-state index contributed by atoms with van der Waals surface area (Å²) in [6.45, 7) is 7.98. The van der Waals surface area contributed by atoms with Crippen molar-refractivity contribution in [2.45, 2.75) is 26.9 Å². The Bertz CT molecular complexity index is 151. The number of ether oxygens (including phenoxy) is 2. The van der Waals surface area contributed by atoms with E-state index >= 15 is 0 Å². The van der Waals surface area contributed by atoms with Gasteiger partial charge in [0.25, 0.3) is 0 Å². The molecular weight excluding hydrogens is 186 g/mol. The third-order valence-corrected chi connectivity index (χ3v) is 1.78. The Morgan fingerprint density at radius 3 is 2.38 bits per heavy atom. The van der Waals surface area contributed by atoms with Crippen LogP contribution in [0.5, 0.6) is 0 Å². The molecule has 0 rings (SSSR count). The minimum absolute atomic E-state index is 0.155. The van der Waals surface area contributed by atoms with Crippen LogP contribution in [0.2, 0.25) is 0 Å². The molecule has 0 aromatic rings. The van der Waals surface area contributed by atoms with E-state index in [2.05, 4.69) is 13.8 Å². The summed E-state index contributed by atoms with van der Waals surface area (Å²) in [5.41, 5.74) is 5.36. The van der Waals surface area contributed by atoms with Gasteiger partial charge < -0.3 is 15.2 Å². The third-order valence-electron chi connectivity index (χ3n) is 1.45. The molecule has 0 saturated carbocycles. The molecule has 0 aliphatic carbocycles.